The van der Waals surface area contributed by atoms with Crippen LogP contribution in [0.5, 0.6) is 0 Å². The van der Waals surface area contributed by atoms with E-state index in [-0.39, 0.29) is 6.42 Å². The monoisotopic (exact) mass is 339 g/mol. The van der Waals surface area contributed by atoms with Crippen LogP contribution in [0, 0.1) is 0 Å². The van der Waals surface area contributed by atoms with Crippen LogP contribution in [0.4, 0.5) is 13.2 Å². The lowest BCUT2D eigenvalue weighted by Crippen LogP contribution is -2.47. The van der Waals surface area contributed by atoms with Crippen LogP contribution < -0.4 is 5.32 Å². The molecular weight excluding hydrogens is 331 g/mol. The number of carbonyl (C=O) groups excluding carboxylic acids is 1. The predicted octanol–water partition coefficient (Wildman–Crippen LogP) is 2.12. The summed E-state index contributed by atoms with van der Waals surface area (Å²) in [7, 11) is 0. The van der Waals surface area contributed by atoms with Gasteiger partial charge in [-0.15, -0.1) is 0 Å². The number of benzene rings is 1. The average Bonchev–Trinajstić information content (AvgIpc) is 2.29. The van der Waals surface area contributed by atoms with Gasteiger partial charge in [0.15, 0.2) is 0 Å². The fraction of sp³-hybridized carbons (Fsp3) is 0.273. The average molecular weight is 340 g/mol. The predicted molar refractivity (Wildman–Crippen MR) is 63.5 cm³/mol. The van der Waals surface area contributed by atoms with Crippen molar-refractivity contribution in [3.8, 4) is 0 Å². The van der Waals surface area contributed by atoms with Gasteiger partial charge in [-0.25, -0.2) is 4.79 Å². The van der Waals surface area contributed by atoms with Gasteiger partial charge in [0.25, 0.3) is 0 Å². The van der Waals surface area contributed by atoms with Gasteiger partial charge in [-0.3, -0.25) is 4.79 Å². The topological polar surface area (TPSA) is 66.4 Å². The molecule has 0 aliphatic heterocycles. The van der Waals surface area contributed by atoms with E-state index in [1.165, 1.54) is 5.32 Å². The molecule has 1 atom stereocenters. The Hall–Kier alpha value is -1.57. The van der Waals surface area contributed by atoms with Crippen molar-refractivity contribution in [3.63, 3.8) is 0 Å². The minimum atomic E-state index is -5.11. The summed E-state index contributed by atoms with van der Waals surface area (Å²) in [5.41, 5.74) is 0.484. The Morgan fingerprint density at radius 3 is 2.37 bits per heavy atom. The third-order valence-corrected chi connectivity index (χ3v) is 3.02. The summed E-state index contributed by atoms with van der Waals surface area (Å²) in [5, 5.41) is 10.3. The van der Waals surface area contributed by atoms with Gasteiger partial charge >= 0.3 is 18.1 Å². The molecule has 0 fully saturated rings. The van der Waals surface area contributed by atoms with E-state index in [1.807, 2.05) is 0 Å². The fourth-order valence-electron chi connectivity index (χ4n) is 1.32. The van der Waals surface area contributed by atoms with E-state index in [9.17, 15) is 22.8 Å². The summed E-state index contributed by atoms with van der Waals surface area (Å²) in [5.74, 6) is -3.81. The zero-order valence-electron chi connectivity index (χ0n) is 9.37. The Kier molecular flexibility index (Phi) is 4.93. The van der Waals surface area contributed by atoms with Crippen LogP contribution in [0.3, 0.4) is 0 Å². The molecule has 0 aliphatic carbocycles. The molecule has 0 unspecified atom stereocenters. The summed E-state index contributed by atoms with van der Waals surface area (Å²) < 4.78 is 36.8. The molecule has 2 N–H and O–H groups in total. The van der Waals surface area contributed by atoms with Crippen LogP contribution in [0.25, 0.3) is 0 Å². The van der Waals surface area contributed by atoms with Crippen LogP contribution in [0.2, 0.25) is 0 Å². The first-order chi connectivity index (χ1) is 8.71. The Bertz CT molecular complexity index is 490. The Balaban J connectivity index is 2.83. The standard InChI is InChI=1S/C11H9BrF3NO3/c12-7-4-2-1-3-6(7)5-8(9(17)18)16-10(19)11(13,14)15/h1-4,8H,5H2,(H,16,19)(H,17,18)/t8-/m0/s1. The summed E-state index contributed by atoms with van der Waals surface area (Å²) in [6.07, 6.45) is -5.36. The molecule has 0 saturated heterocycles. The molecule has 0 heterocycles. The van der Waals surface area contributed by atoms with E-state index in [0.29, 0.717) is 10.0 Å². The quantitative estimate of drug-likeness (QED) is 0.883. The van der Waals surface area contributed by atoms with Crippen molar-refractivity contribution in [2.45, 2.75) is 18.6 Å². The van der Waals surface area contributed by atoms with Crippen molar-refractivity contribution in [1.29, 1.82) is 0 Å². The van der Waals surface area contributed by atoms with E-state index >= 15 is 0 Å². The summed E-state index contributed by atoms with van der Waals surface area (Å²) in [6, 6.07) is 4.83. The number of hydrogen-bond donors (Lipinski definition) is 2. The minimum Gasteiger partial charge on any atom is -0.480 e. The highest BCUT2D eigenvalue weighted by Gasteiger charge is 2.40. The first kappa shape index (κ1) is 15.5. The summed E-state index contributed by atoms with van der Waals surface area (Å²) in [6.45, 7) is 0. The number of carboxylic acid groups (broad SMARTS) is 1. The van der Waals surface area contributed by atoms with Crippen molar-refractivity contribution < 1.29 is 27.9 Å². The maximum absolute atomic E-state index is 12.1. The number of amides is 1. The molecule has 0 spiro atoms. The van der Waals surface area contributed by atoms with Crippen LogP contribution in [-0.4, -0.2) is 29.2 Å². The number of aliphatic carboxylic acids is 1. The molecule has 19 heavy (non-hydrogen) atoms. The van der Waals surface area contributed by atoms with E-state index in [2.05, 4.69) is 15.9 Å². The van der Waals surface area contributed by atoms with Gasteiger partial charge in [-0.05, 0) is 11.6 Å². The Morgan fingerprint density at radius 1 is 1.32 bits per heavy atom. The smallest absolute Gasteiger partial charge is 0.471 e. The van der Waals surface area contributed by atoms with Crippen LogP contribution in [-0.2, 0) is 16.0 Å². The lowest BCUT2D eigenvalue weighted by molar-refractivity contribution is -0.175. The van der Waals surface area contributed by atoms with Gasteiger partial charge in [0.2, 0.25) is 0 Å². The van der Waals surface area contributed by atoms with Crippen LogP contribution >= 0.6 is 15.9 Å². The second-order valence-corrected chi connectivity index (χ2v) is 4.51. The number of hydrogen-bond acceptors (Lipinski definition) is 2. The SMILES string of the molecule is O=C(O)[C@H](Cc1ccccc1Br)NC(=O)C(F)(F)F. The van der Waals surface area contributed by atoms with Crippen molar-refractivity contribution in [3.05, 3.63) is 34.3 Å². The van der Waals surface area contributed by atoms with Gasteiger partial charge in [-0.2, -0.15) is 13.2 Å². The highest BCUT2D eigenvalue weighted by atomic mass is 79.9. The maximum atomic E-state index is 12.1. The van der Waals surface area contributed by atoms with Crippen molar-refractivity contribution in [2.24, 2.45) is 0 Å². The third-order valence-electron chi connectivity index (χ3n) is 2.24. The number of rotatable bonds is 4. The molecule has 0 saturated carbocycles. The number of nitrogens with one attached hydrogen (secondary N) is 1. The minimum absolute atomic E-state index is 0.251. The zero-order chi connectivity index (χ0) is 14.6. The summed E-state index contributed by atoms with van der Waals surface area (Å²) in [4.78, 5) is 21.6. The second-order valence-electron chi connectivity index (χ2n) is 3.66. The van der Waals surface area contributed by atoms with Crippen LogP contribution in [0.1, 0.15) is 5.56 Å². The van der Waals surface area contributed by atoms with Crippen molar-refractivity contribution in [2.75, 3.05) is 0 Å². The van der Waals surface area contributed by atoms with E-state index < -0.39 is 24.1 Å². The molecular formula is C11H9BrF3NO3. The number of halogens is 4. The van der Waals surface area contributed by atoms with E-state index in [1.54, 1.807) is 24.3 Å². The molecule has 0 aromatic heterocycles. The molecule has 0 aliphatic rings. The van der Waals surface area contributed by atoms with Gasteiger partial charge in [-0.1, -0.05) is 34.1 Å². The third kappa shape index (κ3) is 4.55. The Labute approximate surface area is 114 Å². The van der Waals surface area contributed by atoms with Gasteiger partial charge in [0, 0.05) is 10.9 Å². The molecule has 8 heteroatoms. The molecule has 0 radical (unpaired) electrons. The van der Waals surface area contributed by atoms with Crippen molar-refractivity contribution in [1.82, 2.24) is 5.32 Å². The molecule has 1 aromatic carbocycles. The number of carboxylic acids is 1. The van der Waals surface area contributed by atoms with Crippen LogP contribution in [0.15, 0.2) is 28.7 Å². The van der Waals surface area contributed by atoms with Crippen molar-refractivity contribution >= 4 is 27.8 Å². The molecule has 1 aromatic rings. The first-order valence-corrected chi connectivity index (χ1v) is 5.85. The molecule has 0 bridgehead atoms. The molecule has 104 valence electrons. The fourth-order valence-corrected chi connectivity index (χ4v) is 1.77. The van der Waals surface area contributed by atoms with E-state index in [0.717, 1.165) is 0 Å². The maximum Gasteiger partial charge on any atom is 0.471 e. The first-order valence-electron chi connectivity index (χ1n) is 5.05. The molecule has 4 nitrogen and oxygen atoms in total. The highest BCUT2D eigenvalue weighted by molar-refractivity contribution is 9.10. The largest absolute Gasteiger partial charge is 0.480 e. The zero-order valence-corrected chi connectivity index (χ0v) is 11.0. The lowest BCUT2D eigenvalue weighted by Gasteiger charge is -2.16. The van der Waals surface area contributed by atoms with Gasteiger partial charge in [0.1, 0.15) is 6.04 Å². The summed E-state index contributed by atoms with van der Waals surface area (Å²) >= 11 is 3.15. The molecule has 1 rings (SSSR count). The lowest BCUT2D eigenvalue weighted by atomic mass is 10.1. The van der Waals surface area contributed by atoms with Gasteiger partial charge in [0.05, 0.1) is 0 Å². The molecule has 1 amide bonds. The number of alkyl halides is 3. The highest BCUT2D eigenvalue weighted by Crippen LogP contribution is 2.19. The Morgan fingerprint density at radius 2 is 1.89 bits per heavy atom. The van der Waals surface area contributed by atoms with E-state index in [4.69, 9.17) is 5.11 Å². The second kappa shape index (κ2) is 6.05. The van der Waals surface area contributed by atoms with Gasteiger partial charge < -0.3 is 10.4 Å². The normalized spacial score (nSPS) is 12.8. The number of carbonyl (C=O) groups is 2.